The molecule has 2 rings (SSSR count). The summed E-state index contributed by atoms with van der Waals surface area (Å²) in [6, 6.07) is 6.71. The van der Waals surface area contributed by atoms with Gasteiger partial charge in [-0.25, -0.2) is 0 Å². The summed E-state index contributed by atoms with van der Waals surface area (Å²) in [4.78, 5) is 0. The Morgan fingerprint density at radius 2 is 2.06 bits per heavy atom. The third-order valence-corrected chi connectivity index (χ3v) is 4.27. The molecule has 1 N–H and O–H groups in total. The van der Waals surface area contributed by atoms with Crippen LogP contribution in [0.5, 0.6) is 5.75 Å². The summed E-state index contributed by atoms with van der Waals surface area (Å²) in [5, 5.41) is 3.59. The van der Waals surface area contributed by atoms with E-state index in [0.29, 0.717) is 6.04 Å². The van der Waals surface area contributed by atoms with Crippen molar-refractivity contribution >= 4 is 21.6 Å². The second-order valence-corrected chi connectivity index (χ2v) is 5.68. The van der Waals surface area contributed by atoms with Crippen LogP contribution in [0.15, 0.2) is 22.7 Å². The van der Waals surface area contributed by atoms with E-state index in [2.05, 4.69) is 40.3 Å². The van der Waals surface area contributed by atoms with Crippen LogP contribution in [0.1, 0.15) is 32.6 Å². The Kier molecular flexibility index (Phi) is 4.32. The smallest absolute Gasteiger partial charge is 0.133 e. The lowest BCUT2D eigenvalue weighted by Gasteiger charge is -2.22. The molecule has 0 bridgehead atoms. The fourth-order valence-electron chi connectivity index (χ4n) is 2.59. The molecule has 0 spiro atoms. The Hall–Kier alpha value is -0.700. The molecule has 2 nitrogen and oxygen atoms in total. The molecule has 0 amide bonds. The van der Waals surface area contributed by atoms with Gasteiger partial charge in [-0.2, -0.15) is 0 Å². The molecule has 1 aromatic rings. The summed E-state index contributed by atoms with van der Waals surface area (Å²) < 4.78 is 6.23. The lowest BCUT2D eigenvalue weighted by Crippen LogP contribution is -2.23. The predicted molar refractivity (Wildman–Crippen MR) is 75.7 cm³/mol. The Labute approximate surface area is 112 Å². The van der Waals surface area contributed by atoms with Gasteiger partial charge in [0.25, 0.3) is 0 Å². The van der Waals surface area contributed by atoms with Gasteiger partial charge < -0.3 is 10.1 Å². The number of hydrogen-bond acceptors (Lipinski definition) is 2. The van der Waals surface area contributed by atoms with Crippen molar-refractivity contribution < 1.29 is 4.74 Å². The van der Waals surface area contributed by atoms with E-state index in [4.69, 9.17) is 4.74 Å². The van der Waals surface area contributed by atoms with Crippen LogP contribution in [0.3, 0.4) is 0 Å². The Morgan fingerprint density at radius 1 is 1.35 bits per heavy atom. The van der Waals surface area contributed by atoms with Crippen LogP contribution in [-0.4, -0.2) is 13.2 Å². The molecule has 3 heteroatoms. The van der Waals surface area contributed by atoms with E-state index in [1.807, 2.05) is 6.07 Å². The average molecular weight is 298 g/mol. The highest BCUT2D eigenvalue weighted by atomic mass is 79.9. The highest BCUT2D eigenvalue weighted by Gasteiger charge is 2.21. The summed E-state index contributed by atoms with van der Waals surface area (Å²) in [6.45, 7) is 2.29. The number of hydrogen-bond donors (Lipinski definition) is 1. The lowest BCUT2D eigenvalue weighted by atomic mass is 9.99. The maximum absolute atomic E-state index is 5.23. The number of methoxy groups -OCH3 is 1. The maximum atomic E-state index is 5.23. The average Bonchev–Trinajstić information content (AvgIpc) is 2.82. The predicted octanol–water partition coefficient (Wildman–Crippen LogP) is 4.45. The zero-order valence-corrected chi connectivity index (χ0v) is 12.1. The van der Waals surface area contributed by atoms with Crippen LogP contribution in [0, 0.1) is 5.92 Å². The van der Waals surface area contributed by atoms with Gasteiger partial charge in [-0.05, 0) is 59.8 Å². The van der Waals surface area contributed by atoms with Crippen molar-refractivity contribution in [3.63, 3.8) is 0 Å². The van der Waals surface area contributed by atoms with Gasteiger partial charge in [-0.1, -0.05) is 12.8 Å². The van der Waals surface area contributed by atoms with Gasteiger partial charge in [0, 0.05) is 11.7 Å². The minimum absolute atomic E-state index is 0.554. The van der Waals surface area contributed by atoms with Gasteiger partial charge >= 0.3 is 0 Å². The summed E-state index contributed by atoms with van der Waals surface area (Å²) in [5.41, 5.74) is 1.16. The van der Waals surface area contributed by atoms with Crippen LogP contribution in [-0.2, 0) is 0 Å². The fraction of sp³-hybridized carbons (Fsp3) is 0.571. The minimum Gasteiger partial charge on any atom is -0.496 e. The molecule has 1 aliphatic carbocycles. The van der Waals surface area contributed by atoms with Crippen molar-refractivity contribution in [2.24, 2.45) is 5.92 Å². The third-order valence-electron chi connectivity index (χ3n) is 3.65. The van der Waals surface area contributed by atoms with Gasteiger partial charge in [-0.15, -0.1) is 0 Å². The van der Waals surface area contributed by atoms with Crippen LogP contribution >= 0.6 is 15.9 Å². The third kappa shape index (κ3) is 3.15. The van der Waals surface area contributed by atoms with Crippen molar-refractivity contribution in [1.29, 1.82) is 0 Å². The van der Waals surface area contributed by atoms with Crippen LogP contribution in [0.25, 0.3) is 0 Å². The lowest BCUT2D eigenvalue weighted by molar-refractivity contribution is 0.412. The largest absolute Gasteiger partial charge is 0.496 e. The van der Waals surface area contributed by atoms with Crippen molar-refractivity contribution in [2.45, 2.75) is 38.6 Å². The van der Waals surface area contributed by atoms with Crippen LogP contribution in [0.4, 0.5) is 5.69 Å². The SMILES string of the molecule is COc1ccc(NC(C)C2CCCC2)cc1Br. The molecule has 1 fully saturated rings. The second kappa shape index (κ2) is 5.76. The first-order chi connectivity index (χ1) is 8.20. The first-order valence-corrected chi connectivity index (χ1v) is 7.10. The molecule has 0 aromatic heterocycles. The molecule has 17 heavy (non-hydrogen) atoms. The number of ether oxygens (including phenoxy) is 1. The molecule has 1 saturated carbocycles. The fourth-order valence-corrected chi connectivity index (χ4v) is 3.13. The zero-order chi connectivity index (χ0) is 12.3. The van der Waals surface area contributed by atoms with Gasteiger partial charge in [0.2, 0.25) is 0 Å². The van der Waals surface area contributed by atoms with Gasteiger partial charge in [0.05, 0.1) is 11.6 Å². The van der Waals surface area contributed by atoms with Crippen molar-refractivity contribution in [3.05, 3.63) is 22.7 Å². The Bertz CT molecular complexity index is 374. The molecule has 0 aliphatic heterocycles. The van der Waals surface area contributed by atoms with Gasteiger partial charge in [0.15, 0.2) is 0 Å². The molecular weight excluding hydrogens is 278 g/mol. The maximum Gasteiger partial charge on any atom is 0.133 e. The molecule has 1 atom stereocenters. The number of rotatable bonds is 4. The molecule has 94 valence electrons. The molecule has 1 unspecified atom stereocenters. The van der Waals surface area contributed by atoms with E-state index in [1.54, 1.807) is 7.11 Å². The number of anilines is 1. The molecule has 1 aliphatic rings. The van der Waals surface area contributed by atoms with Crippen molar-refractivity contribution in [3.8, 4) is 5.75 Å². The first-order valence-electron chi connectivity index (χ1n) is 6.31. The topological polar surface area (TPSA) is 21.3 Å². The van der Waals surface area contributed by atoms with Gasteiger partial charge in [0.1, 0.15) is 5.75 Å². The van der Waals surface area contributed by atoms with Crippen LogP contribution in [0.2, 0.25) is 0 Å². The van der Waals surface area contributed by atoms with E-state index in [1.165, 1.54) is 25.7 Å². The molecule has 0 heterocycles. The van der Waals surface area contributed by atoms with E-state index in [9.17, 15) is 0 Å². The van der Waals surface area contributed by atoms with E-state index in [0.717, 1.165) is 21.8 Å². The second-order valence-electron chi connectivity index (χ2n) is 4.83. The summed E-state index contributed by atoms with van der Waals surface area (Å²) in [7, 11) is 1.69. The highest BCUT2D eigenvalue weighted by Crippen LogP contribution is 2.31. The Balaban J connectivity index is 2.00. The highest BCUT2D eigenvalue weighted by molar-refractivity contribution is 9.10. The number of benzene rings is 1. The van der Waals surface area contributed by atoms with Crippen LogP contribution < -0.4 is 10.1 Å². The van der Waals surface area contributed by atoms with E-state index in [-0.39, 0.29) is 0 Å². The summed E-state index contributed by atoms with van der Waals surface area (Å²) in [6.07, 6.45) is 5.52. The van der Waals surface area contributed by atoms with Crippen molar-refractivity contribution in [1.82, 2.24) is 0 Å². The molecule has 0 radical (unpaired) electrons. The summed E-state index contributed by atoms with van der Waals surface area (Å²) in [5.74, 6) is 1.71. The Morgan fingerprint density at radius 3 is 2.65 bits per heavy atom. The van der Waals surface area contributed by atoms with Crippen molar-refractivity contribution in [2.75, 3.05) is 12.4 Å². The monoisotopic (exact) mass is 297 g/mol. The minimum atomic E-state index is 0.554. The molecule has 1 aromatic carbocycles. The zero-order valence-electron chi connectivity index (χ0n) is 10.5. The van der Waals surface area contributed by atoms with Gasteiger partial charge in [-0.3, -0.25) is 0 Å². The normalized spacial score (nSPS) is 18.1. The quantitative estimate of drug-likeness (QED) is 0.886. The standard InChI is InChI=1S/C14H20BrNO/c1-10(11-5-3-4-6-11)16-12-7-8-14(17-2)13(15)9-12/h7-11,16H,3-6H2,1-2H3. The molecule has 0 saturated heterocycles. The number of halogens is 1. The molecular formula is C14H20BrNO. The number of nitrogens with one attached hydrogen (secondary N) is 1. The van der Waals surface area contributed by atoms with E-state index >= 15 is 0 Å². The van der Waals surface area contributed by atoms with E-state index < -0.39 is 0 Å². The first kappa shape index (κ1) is 12.7. The summed E-state index contributed by atoms with van der Waals surface area (Å²) >= 11 is 3.52.